The highest BCUT2D eigenvalue weighted by Crippen LogP contribution is 2.37. The van der Waals surface area contributed by atoms with Crippen molar-refractivity contribution in [2.75, 3.05) is 5.32 Å². The average molecular weight is 427 g/mol. The molecule has 2 N–H and O–H groups in total. The first kappa shape index (κ1) is 20.2. The van der Waals surface area contributed by atoms with E-state index in [1.165, 1.54) is 49.5 Å². The lowest BCUT2D eigenvalue weighted by molar-refractivity contribution is -0.167. The lowest BCUT2D eigenvalue weighted by atomic mass is 9.83. The first-order chi connectivity index (χ1) is 14.6. The number of fused-ring (bicyclic) bond motifs is 2. The van der Waals surface area contributed by atoms with Crippen LogP contribution in [0.3, 0.4) is 0 Å². The number of para-hydroxylation sites is 1. The number of hydrogen-bond acceptors (Lipinski definition) is 5. The van der Waals surface area contributed by atoms with Crippen LogP contribution in [0.25, 0.3) is 11.1 Å². The van der Waals surface area contributed by atoms with E-state index < -0.39 is 29.2 Å². The van der Waals surface area contributed by atoms with Gasteiger partial charge in [0.25, 0.3) is 0 Å². The van der Waals surface area contributed by atoms with Crippen LogP contribution in [0.5, 0.6) is 0 Å². The van der Waals surface area contributed by atoms with Crippen LogP contribution in [0.2, 0.25) is 0 Å². The Hall–Kier alpha value is -4.08. The van der Waals surface area contributed by atoms with Gasteiger partial charge in [0.05, 0.1) is 11.1 Å². The van der Waals surface area contributed by atoms with Crippen molar-refractivity contribution >= 4 is 23.2 Å². The predicted octanol–water partition coefficient (Wildman–Crippen LogP) is 3.02. The highest BCUT2D eigenvalue weighted by atomic mass is 19.4. The van der Waals surface area contributed by atoms with Gasteiger partial charge in [0.15, 0.2) is 5.78 Å². The van der Waals surface area contributed by atoms with Crippen molar-refractivity contribution in [3.63, 3.8) is 0 Å². The second-order valence-corrected chi connectivity index (χ2v) is 6.80. The summed E-state index contributed by atoms with van der Waals surface area (Å²) >= 11 is 0. The van der Waals surface area contributed by atoms with Crippen LogP contribution in [0.1, 0.15) is 37.7 Å². The van der Waals surface area contributed by atoms with Gasteiger partial charge in [0.1, 0.15) is 11.4 Å². The van der Waals surface area contributed by atoms with Crippen LogP contribution in [0.15, 0.2) is 47.4 Å². The zero-order valence-electron chi connectivity index (χ0n) is 15.8. The molecule has 0 unspecified atom stereocenters. The van der Waals surface area contributed by atoms with Gasteiger partial charge in [0, 0.05) is 23.5 Å². The molecule has 0 aliphatic heterocycles. The molecule has 2 aromatic heterocycles. The number of benzene rings is 1. The molecule has 0 spiro atoms. The van der Waals surface area contributed by atoms with Crippen LogP contribution >= 0.6 is 0 Å². The highest BCUT2D eigenvalue weighted by molar-refractivity contribution is 6.29. The maximum absolute atomic E-state index is 13.3. The molecular weight excluding hydrogens is 415 g/mol. The Morgan fingerprint density at radius 1 is 1.00 bits per heavy atom. The molecule has 31 heavy (non-hydrogen) atoms. The van der Waals surface area contributed by atoms with E-state index in [-0.39, 0.29) is 44.9 Å². The number of hydrogen-bond donors (Lipinski definition) is 2. The Bertz CT molecular complexity index is 1340. The summed E-state index contributed by atoms with van der Waals surface area (Å²) in [6.45, 7) is 1.50. The molecule has 0 radical (unpaired) electrons. The number of amides is 1. The first-order valence-corrected chi connectivity index (χ1v) is 8.89. The second-order valence-electron chi connectivity index (χ2n) is 6.80. The summed E-state index contributed by atoms with van der Waals surface area (Å²) in [5.41, 5.74) is -0.815. The number of pyridine rings is 2. The molecule has 2 heterocycles. The molecule has 4 rings (SSSR count). The maximum Gasteiger partial charge on any atom is 0.471 e. The van der Waals surface area contributed by atoms with Gasteiger partial charge in [-0.2, -0.15) is 13.2 Å². The molecule has 1 aliphatic carbocycles. The van der Waals surface area contributed by atoms with Gasteiger partial charge < -0.3 is 10.3 Å². The largest absolute Gasteiger partial charge is 0.471 e. The van der Waals surface area contributed by atoms with Crippen molar-refractivity contribution in [3.05, 3.63) is 81.0 Å². The van der Waals surface area contributed by atoms with Gasteiger partial charge in [-0.1, -0.05) is 18.2 Å². The number of aromatic nitrogens is 2. The van der Waals surface area contributed by atoms with E-state index in [2.05, 4.69) is 9.97 Å². The Balaban J connectivity index is 1.93. The Kier molecular flexibility index (Phi) is 4.57. The van der Waals surface area contributed by atoms with E-state index >= 15 is 0 Å². The summed E-state index contributed by atoms with van der Waals surface area (Å²) < 4.78 is 38.2. The third kappa shape index (κ3) is 3.31. The lowest BCUT2D eigenvalue weighted by Gasteiger charge is -2.21. The quantitative estimate of drug-likeness (QED) is 0.511. The molecule has 1 aliphatic rings. The molecule has 0 saturated heterocycles. The molecule has 0 fully saturated rings. The topological polar surface area (TPSA) is 109 Å². The fraction of sp³-hybridized carbons (Fsp3) is 0.0952. The third-order valence-electron chi connectivity index (χ3n) is 4.81. The third-order valence-corrected chi connectivity index (χ3v) is 4.81. The first-order valence-electron chi connectivity index (χ1n) is 8.89. The van der Waals surface area contributed by atoms with E-state index in [4.69, 9.17) is 0 Å². The molecule has 1 amide bonds. The molecule has 0 saturated carbocycles. The van der Waals surface area contributed by atoms with Gasteiger partial charge in [-0.15, -0.1) is 0 Å². The normalized spacial score (nSPS) is 12.9. The van der Waals surface area contributed by atoms with Crippen LogP contribution in [0, 0.1) is 6.92 Å². The smallest absolute Gasteiger partial charge is 0.318 e. The number of nitrogens with one attached hydrogen (secondary N) is 2. The molecule has 156 valence electrons. The minimum absolute atomic E-state index is 0.0110. The number of ketones is 2. The van der Waals surface area contributed by atoms with Crippen molar-refractivity contribution in [2.24, 2.45) is 0 Å². The minimum atomic E-state index is -5.11. The zero-order chi connectivity index (χ0) is 22.5. The molecule has 0 atom stereocenters. The van der Waals surface area contributed by atoms with E-state index in [0.29, 0.717) is 0 Å². The van der Waals surface area contributed by atoms with Crippen LogP contribution in [-0.4, -0.2) is 33.6 Å². The van der Waals surface area contributed by atoms with Gasteiger partial charge in [-0.05, 0) is 30.2 Å². The van der Waals surface area contributed by atoms with Gasteiger partial charge in [0.2, 0.25) is 11.3 Å². The number of nitrogens with zero attached hydrogens (tertiary/aromatic N) is 1. The van der Waals surface area contributed by atoms with Crippen molar-refractivity contribution < 1.29 is 27.6 Å². The Morgan fingerprint density at radius 2 is 1.71 bits per heavy atom. The number of anilines is 1. The maximum atomic E-state index is 13.3. The Labute approximate surface area is 171 Å². The van der Waals surface area contributed by atoms with E-state index in [1.807, 2.05) is 0 Å². The van der Waals surface area contributed by atoms with E-state index in [9.17, 15) is 32.3 Å². The number of H-pyrrole nitrogens is 1. The lowest BCUT2D eigenvalue weighted by Crippen LogP contribution is -2.30. The molecule has 10 heteroatoms. The summed E-state index contributed by atoms with van der Waals surface area (Å²) in [5, 5.41) is 1.79. The zero-order valence-corrected chi connectivity index (χ0v) is 15.8. The monoisotopic (exact) mass is 427 g/mol. The SMILES string of the molecule is Cc1cc(=O)[nH]c2c1C(=O)c1c(-c3ccccc3NC(=O)C(F)(F)F)ccnc1C2=O. The van der Waals surface area contributed by atoms with Crippen LogP contribution in [0.4, 0.5) is 18.9 Å². The van der Waals surface area contributed by atoms with Crippen LogP contribution < -0.4 is 10.9 Å². The van der Waals surface area contributed by atoms with E-state index in [0.717, 1.165) is 0 Å². The second kappa shape index (κ2) is 7.01. The fourth-order valence-electron chi connectivity index (χ4n) is 3.50. The van der Waals surface area contributed by atoms with Gasteiger partial charge in [-0.25, -0.2) is 0 Å². The number of carbonyl (C=O) groups excluding carboxylic acids is 3. The summed E-state index contributed by atoms with van der Waals surface area (Å²) in [6, 6.07) is 8.13. The molecule has 0 bridgehead atoms. The van der Waals surface area contributed by atoms with Crippen molar-refractivity contribution in [1.29, 1.82) is 0 Å². The number of alkyl halides is 3. The average Bonchev–Trinajstić information content (AvgIpc) is 2.70. The van der Waals surface area contributed by atoms with Crippen molar-refractivity contribution in [2.45, 2.75) is 13.1 Å². The van der Waals surface area contributed by atoms with Crippen molar-refractivity contribution in [1.82, 2.24) is 9.97 Å². The molecule has 7 nitrogen and oxygen atoms in total. The van der Waals surface area contributed by atoms with Crippen LogP contribution in [-0.2, 0) is 4.79 Å². The molecular formula is C21H12F3N3O4. The van der Waals surface area contributed by atoms with Gasteiger partial charge >= 0.3 is 12.1 Å². The molecule has 3 aromatic rings. The minimum Gasteiger partial charge on any atom is -0.318 e. The molecule has 1 aromatic carbocycles. The fourth-order valence-corrected chi connectivity index (χ4v) is 3.50. The number of halogens is 3. The summed E-state index contributed by atoms with van der Waals surface area (Å²) in [4.78, 5) is 55.8. The summed E-state index contributed by atoms with van der Waals surface area (Å²) in [7, 11) is 0. The number of aryl methyl sites for hydroxylation is 1. The summed E-state index contributed by atoms with van der Waals surface area (Å²) in [5.74, 6) is -3.48. The standard InChI is InChI=1S/C21H12F3N3O4/c1-9-8-13(28)27-17-14(9)18(29)15-11(6-7-25-16(15)19(17)30)10-4-2-3-5-12(10)26-20(31)21(22,23)24/h2-8H,1H3,(H,26,31)(H,27,28). The number of carbonyl (C=O) groups is 3. The van der Waals surface area contributed by atoms with Crippen molar-refractivity contribution in [3.8, 4) is 11.1 Å². The predicted molar refractivity (Wildman–Crippen MR) is 103 cm³/mol. The number of aromatic amines is 1. The van der Waals surface area contributed by atoms with E-state index in [1.54, 1.807) is 5.32 Å². The highest BCUT2D eigenvalue weighted by Gasteiger charge is 2.39. The van der Waals surface area contributed by atoms with Gasteiger partial charge in [-0.3, -0.25) is 24.2 Å². The Morgan fingerprint density at radius 3 is 2.42 bits per heavy atom. The number of rotatable bonds is 2. The summed E-state index contributed by atoms with van der Waals surface area (Å²) in [6.07, 6.45) is -3.89.